The highest BCUT2D eigenvalue weighted by Crippen LogP contribution is 2.28. The standard InChI is InChI=1S/C12H18N2O3/c1-2-6-14(7-8-15)11-9(12(16)17)4-3-5-10(11)13/h3-5,15H,2,6-8,13H2,1H3,(H,16,17). The van der Waals surface area contributed by atoms with Gasteiger partial charge in [0.15, 0.2) is 0 Å². The summed E-state index contributed by atoms with van der Waals surface area (Å²) >= 11 is 0. The summed E-state index contributed by atoms with van der Waals surface area (Å²) in [4.78, 5) is 12.9. The number of rotatable bonds is 6. The van der Waals surface area contributed by atoms with Gasteiger partial charge in [0.05, 0.1) is 23.5 Å². The van der Waals surface area contributed by atoms with Gasteiger partial charge in [-0.15, -0.1) is 0 Å². The average Bonchev–Trinajstić information content (AvgIpc) is 2.28. The Labute approximate surface area is 100 Å². The molecule has 0 aliphatic rings. The van der Waals surface area contributed by atoms with Gasteiger partial charge in [-0.2, -0.15) is 0 Å². The molecule has 1 rings (SSSR count). The molecule has 0 unspecified atom stereocenters. The Hall–Kier alpha value is -1.75. The number of para-hydroxylation sites is 1. The molecule has 17 heavy (non-hydrogen) atoms. The molecule has 0 atom stereocenters. The fourth-order valence-electron chi connectivity index (χ4n) is 1.81. The lowest BCUT2D eigenvalue weighted by Crippen LogP contribution is -2.29. The SMILES string of the molecule is CCCN(CCO)c1c(N)cccc1C(=O)O. The third-order valence-electron chi connectivity index (χ3n) is 2.48. The molecule has 0 saturated carbocycles. The molecular formula is C12H18N2O3. The molecule has 5 nitrogen and oxygen atoms in total. The molecule has 94 valence electrons. The van der Waals surface area contributed by atoms with Gasteiger partial charge < -0.3 is 20.8 Å². The lowest BCUT2D eigenvalue weighted by Gasteiger charge is -2.26. The van der Waals surface area contributed by atoms with E-state index in [0.29, 0.717) is 24.5 Å². The second-order valence-electron chi connectivity index (χ2n) is 3.76. The van der Waals surface area contributed by atoms with Crippen LogP contribution in [0, 0.1) is 0 Å². The number of anilines is 2. The van der Waals surface area contributed by atoms with E-state index in [1.165, 1.54) is 6.07 Å². The molecule has 0 amide bonds. The van der Waals surface area contributed by atoms with E-state index in [1.807, 2.05) is 6.92 Å². The topological polar surface area (TPSA) is 86.8 Å². The Morgan fingerprint density at radius 3 is 2.65 bits per heavy atom. The summed E-state index contributed by atoms with van der Waals surface area (Å²) in [6.07, 6.45) is 0.855. The van der Waals surface area contributed by atoms with E-state index < -0.39 is 5.97 Å². The van der Waals surface area contributed by atoms with Crippen LogP contribution in [0.15, 0.2) is 18.2 Å². The van der Waals surface area contributed by atoms with Gasteiger partial charge in [-0.05, 0) is 18.6 Å². The van der Waals surface area contributed by atoms with Crippen LogP contribution < -0.4 is 10.6 Å². The van der Waals surface area contributed by atoms with Crippen LogP contribution in [0.2, 0.25) is 0 Å². The maximum atomic E-state index is 11.1. The van der Waals surface area contributed by atoms with E-state index in [9.17, 15) is 4.79 Å². The number of hydrogen-bond acceptors (Lipinski definition) is 4. The highest BCUT2D eigenvalue weighted by atomic mass is 16.4. The molecule has 0 aromatic heterocycles. The van der Waals surface area contributed by atoms with Crippen molar-refractivity contribution in [3.63, 3.8) is 0 Å². The normalized spacial score (nSPS) is 10.2. The van der Waals surface area contributed by atoms with E-state index in [4.69, 9.17) is 15.9 Å². The summed E-state index contributed by atoms with van der Waals surface area (Å²) in [5.41, 5.74) is 6.93. The quantitative estimate of drug-likeness (QED) is 0.648. The molecule has 1 aromatic carbocycles. The number of aliphatic hydroxyl groups excluding tert-OH is 1. The Balaban J connectivity index is 3.19. The zero-order valence-electron chi connectivity index (χ0n) is 9.89. The number of hydrogen-bond donors (Lipinski definition) is 3. The van der Waals surface area contributed by atoms with E-state index >= 15 is 0 Å². The fourth-order valence-corrected chi connectivity index (χ4v) is 1.81. The van der Waals surface area contributed by atoms with Crippen molar-refractivity contribution < 1.29 is 15.0 Å². The first kappa shape index (κ1) is 13.3. The van der Waals surface area contributed by atoms with Gasteiger partial charge in [0.2, 0.25) is 0 Å². The lowest BCUT2D eigenvalue weighted by molar-refractivity contribution is 0.0697. The molecular weight excluding hydrogens is 220 g/mol. The van der Waals surface area contributed by atoms with Crippen molar-refractivity contribution in [3.8, 4) is 0 Å². The van der Waals surface area contributed by atoms with Gasteiger partial charge in [-0.3, -0.25) is 0 Å². The first-order chi connectivity index (χ1) is 8.11. The summed E-state index contributed by atoms with van der Waals surface area (Å²) in [5.74, 6) is -1.01. The van der Waals surface area contributed by atoms with Crippen molar-refractivity contribution in [2.45, 2.75) is 13.3 Å². The zero-order valence-corrected chi connectivity index (χ0v) is 9.89. The number of aliphatic hydroxyl groups is 1. The van der Waals surface area contributed by atoms with E-state index in [2.05, 4.69) is 0 Å². The first-order valence-corrected chi connectivity index (χ1v) is 5.59. The van der Waals surface area contributed by atoms with Crippen LogP contribution in [0.5, 0.6) is 0 Å². The predicted octanol–water partition coefficient (Wildman–Crippen LogP) is 1.18. The molecule has 0 aliphatic heterocycles. The summed E-state index contributed by atoms with van der Waals surface area (Å²) < 4.78 is 0. The minimum absolute atomic E-state index is 0.0343. The van der Waals surface area contributed by atoms with Crippen LogP contribution in [-0.4, -0.2) is 35.9 Å². The van der Waals surface area contributed by atoms with Crippen LogP contribution >= 0.6 is 0 Å². The molecule has 0 saturated heterocycles. The van der Waals surface area contributed by atoms with E-state index in [0.717, 1.165) is 6.42 Å². The van der Waals surface area contributed by atoms with Crippen LogP contribution in [0.4, 0.5) is 11.4 Å². The predicted molar refractivity (Wildman–Crippen MR) is 67.4 cm³/mol. The highest BCUT2D eigenvalue weighted by molar-refractivity contribution is 5.98. The van der Waals surface area contributed by atoms with Crippen molar-refractivity contribution in [2.24, 2.45) is 0 Å². The number of nitrogens with zero attached hydrogens (tertiary/aromatic N) is 1. The molecule has 1 aromatic rings. The van der Waals surface area contributed by atoms with Crippen molar-refractivity contribution in [1.29, 1.82) is 0 Å². The number of carbonyl (C=O) groups is 1. The third-order valence-corrected chi connectivity index (χ3v) is 2.48. The summed E-state index contributed by atoms with van der Waals surface area (Å²) in [6.45, 7) is 2.99. The number of nitrogen functional groups attached to an aromatic ring is 1. The van der Waals surface area contributed by atoms with Crippen molar-refractivity contribution in [2.75, 3.05) is 30.3 Å². The van der Waals surface area contributed by atoms with Gasteiger partial charge in [0.1, 0.15) is 0 Å². The Bertz CT molecular complexity index is 387. The van der Waals surface area contributed by atoms with Crippen molar-refractivity contribution >= 4 is 17.3 Å². The number of benzene rings is 1. The van der Waals surface area contributed by atoms with Crippen LogP contribution in [-0.2, 0) is 0 Å². The second kappa shape index (κ2) is 6.10. The van der Waals surface area contributed by atoms with Crippen LogP contribution in [0.25, 0.3) is 0 Å². The number of nitrogens with two attached hydrogens (primary N) is 1. The summed E-state index contributed by atoms with van der Waals surface area (Å²) in [5, 5.41) is 18.1. The molecule has 0 aliphatic carbocycles. The molecule has 0 bridgehead atoms. The monoisotopic (exact) mass is 238 g/mol. The van der Waals surface area contributed by atoms with Gasteiger partial charge >= 0.3 is 5.97 Å². The van der Waals surface area contributed by atoms with Crippen molar-refractivity contribution in [1.82, 2.24) is 0 Å². The first-order valence-electron chi connectivity index (χ1n) is 5.59. The van der Waals surface area contributed by atoms with Crippen molar-refractivity contribution in [3.05, 3.63) is 23.8 Å². The molecule has 0 fully saturated rings. The van der Waals surface area contributed by atoms with E-state index in [1.54, 1.807) is 17.0 Å². The summed E-state index contributed by atoms with van der Waals surface area (Å²) in [6, 6.07) is 4.81. The van der Waals surface area contributed by atoms with Gasteiger partial charge in [-0.25, -0.2) is 4.79 Å². The number of carboxylic acid groups (broad SMARTS) is 1. The molecule has 0 radical (unpaired) electrons. The van der Waals surface area contributed by atoms with E-state index in [-0.39, 0.29) is 12.2 Å². The van der Waals surface area contributed by atoms with Gasteiger partial charge in [-0.1, -0.05) is 13.0 Å². The van der Waals surface area contributed by atoms with Gasteiger partial charge in [0, 0.05) is 13.1 Å². The minimum Gasteiger partial charge on any atom is -0.478 e. The molecule has 4 N–H and O–H groups in total. The smallest absolute Gasteiger partial charge is 0.337 e. The average molecular weight is 238 g/mol. The molecule has 0 spiro atoms. The lowest BCUT2D eigenvalue weighted by atomic mass is 10.1. The number of aromatic carboxylic acids is 1. The number of carboxylic acids is 1. The third kappa shape index (κ3) is 3.10. The second-order valence-corrected chi connectivity index (χ2v) is 3.76. The Kier molecular flexibility index (Phi) is 4.78. The fraction of sp³-hybridized carbons (Fsp3) is 0.417. The summed E-state index contributed by atoms with van der Waals surface area (Å²) in [7, 11) is 0. The van der Waals surface area contributed by atoms with Crippen LogP contribution in [0.3, 0.4) is 0 Å². The maximum Gasteiger partial charge on any atom is 0.337 e. The minimum atomic E-state index is -1.01. The van der Waals surface area contributed by atoms with Crippen LogP contribution in [0.1, 0.15) is 23.7 Å². The maximum absolute atomic E-state index is 11.1. The Morgan fingerprint density at radius 1 is 1.41 bits per heavy atom. The zero-order chi connectivity index (χ0) is 12.8. The highest BCUT2D eigenvalue weighted by Gasteiger charge is 2.17. The largest absolute Gasteiger partial charge is 0.478 e. The molecule has 5 heteroatoms. The van der Waals surface area contributed by atoms with Gasteiger partial charge in [0.25, 0.3) is 0 Å². The molecule has 0 heterocycles. The Morgan fingerprint density at radius 2 is 2.12 bits per heavy atom.